The summed E-state index contributed by atoms with van der Waals surface area (Å²) in [6.07, 6.45) is 0. The van der Waals surface area contributed by atoms with Gasteiger partial charge in [-0.1, -0.05) is 22.7 Å². The first-order valence-corrected chi connectivity index (χ1v) is 7.17. The predicted molar refractivity (Wildman–Crippen MR) is 77.1 cm³/mol. The van der Waals surface area contributed by atoms with Crippen LogP contribution in [0.5, 0.6) is 0 Å². The molecular weight excluding hydrogens is 318 g/mol. The molecule has 1 amide bonds. The lowest BCUT2D eigenvalue weighted by Crippen LogP contribution is -2.09. The summed E-state index contributed by atoms with van der Waals surface area (Å²) >= 11 is 1.75. The van der Waals surface area contributed by atoms with Crippen molar-refractivity contribution in [2.24, 2.45) is 0 Å². The van der Waals surface area contributed by atoms with Crippen LogP contribution in [-0.4, -0.2) is 28.9 Å². The van der Waals surface area contributed by atoms with Gasteiger partial charge in [-0.15, -0.1) is 0 Å². The van der Waals surface area contributed by atoms with E-state index in [1.165, 1.54) is 19.2 Å². The second-order valence-corrected chi connectivity index (χ2v) is 5.84. The maximum absolute atomic E-state index is 11.9. The first kappa shape index (κ1) is 15.1. The van der Waals surface area contributed by atoms with Crippen molar-refractivity contribution in [2.75, 3.05) is 12.4 Å². The summed E-state index contributed by atoms with van der Waals surface area (Å²) in [7, 11) is 1.25. The van der Waals surface area contributed by atoms with Crippen LogP contribution in [0.2, 0.25) is 0 Å². The molecule has 0 aliphatic rings. The third-order valence-electron chi connectivity index (χ3n) is 2.38. The molecule has 0 fully saturated rings. The molecule has 2 aromatic heterocycles. The van der Waals surface area contributed by atoms with Crippen LogP contribution in [0.1, 0.15) is 25.0 Å². The van der Waals surface area contributed by atoms with Crippen molar-refractivity contribution in [3.63, 3.8) is 0 Å². The minimum Gasteiger partial charge on any atom is -0.465 e. The normalized spacial score (nSPS) is 10.2. The number of thiazole rings is 1. The number of rotatable bonds is 4. The van der Waals surface area contributed by atoms with Crippen LogP contribution in [0.4, 0.5) is 10.1 Å². The molecule has 110 valence electrons. The summed E-state index contributed by atoms with van der Waals surface area (Å²) in [5, 5.41) is 13.2. The lowest BCUT2D eigenvalue weighted by molar-refractivity contribution is -0.380. The van der Waals surface area contributed by atoms with E-state index in [1.807, 2.05) is 0 Å². The van der Waals surface area contributed by atoms with Gasteiger partial charge >= 0.3 is 11.0 Å². The summed E-state index contributed by atoms with van der Waals surface area (Å²) in [5.74, 6) is -1.05. The lowest BCUT2D eigenvalue weighted by atomic mass is 10.4. The summed E-state index contributed by atoms with van der Waals surface area (Å²) in [6, 6.07) is 2.62. The first-order chi connectivity index (χ1) is 9.92. The van der Waals surface area contributed by atoms with Gasteiger partial charge in [-0.3, -0.25) is 20.2 Å². The smallest absolute Gasteiger partial charge is 0.350 e. The number of hydrogen-bond acceptors (Lipinski definition) is 8. The van der Waals surface area contributed by atoms with E-state index in [2.05, 4.69) is 15.0 Å². The van der Waals surface area contributed by atoms with Crippen LogP contribution < -0.4 is 5.32 Å². The fourth-order valence-corrected chi connectivity index (χ4v) is 3.03. The van der Waals surface area contributed by atoms with Gasteiger partial charge in [0.15, 0.2) is 5.13 Å². The van der Waals surface area contributed by atoms with E-state index in [-0.39, 0.29) is 15.0 Å². The predicted octanol–water partition coefficient (Wildman–Crippen LogP) is 2.46. The van der Waals surface area contributed by atoms with E-state index in [0.29, 0.717) is 10.6 Å². The minimum absolute atomic E-state index is 0.120. The standard InChI is InChI=1S/C11H9N3O5S2/c1-5-8(10(16)19-2)21-11(12-5)13-9(15)6-3-4-7(20-6)14(17)18/h3-4H,1-2H3,(H,12,13,15). The van der Waals surface area contributed by atoms with Gasteiger partial charge < -0.3 is 4.74 Å². The number of carbonyl (C=O) groups is 2. The topological polar surface area (TPSA) is 111 Å². The van der Waals surface area contributed by atoms with Crippen molar-refractivity contribution in [1.29, 1.82) is 0 Å². The van der Waals surface area contributed by atoms with Crippen LogP contribution in [0.25, 0.3) is 0 Å². The fraction of sp³-hybridized carbons (Fsp3) is 0.182. The van der Waals surface area contributed by atoms with Crippen LogP contribution in [0.3, 0.4) is 0 Å². The summed E-state index contributed by atoms with van der Waals surface area (Å²) in [4.78, 5) is 37.9. The molecule has 0 aliphatic heterocycles. The van der Waals surface area contributed by atoms with E-state index < -0.39 is 16.8 Å². The van der Waals surface area contributed by atoms with Crippen LogP contribution in [0.15, 0.2) is 12.1 Å². The second kappa shape index (κ2) is 5.97. The van der Waals surface area contributed by atoms with Gasteiger partial charge in [0, 0.05) is 6.07 Å². The molecule has 0 saturated carbocycles. The highest BCUT2D eigenvalue weighted by Gasteiger charge is 2.19. The van der Waals surface area contributed by atoms with Crippen molar-refractivity contribution in [2.45, 2.75) is 6.92 Å². The van der Waals surface area contributed by atoms with Gasteiger partial charge in [-0.05, 0) is 13.0 Å². The molecule has 0 spiro atoms. The molecule has 10 heteroatoms. The fourth-order valence-electron chi connectivity index (χ4n) is 1.44. The Morgan fingerprint density at radius 3 is 2.67 bits per heavy atom. The Labute approximate surface area is 126 Å². The zero-order chi connectivity index (χ0) is 15.6. The Hall–Kier alpha value is -2.33. The zero-order valence-corrected chi connectivity index (χ0v) is 12.5. The Balaban J connectivity index is 2.15. The van der Waals surface area contributed by atoms with Crippen LogP contribution in [-0.2, 0) is 4.74 Å². The van der Waals surface area contributed by atoms with E-state index in [1.54, 1.807) is 6.92 Å². The maximum Gasteiger partial charge on any atom is 0.350 e. The van der Waals surface area contributed by atoms with Gasteiger partial charge in [-0.25, -0.2) is 9.78 Å². The molecule has 0 bridgehead atoms. The molecule has 2 heterocycles. The molecule has 0 radical (unpaired) electrons. The number of ether oxygens (including phenoxy) is 1. The SMILES string of the molecule is COC(=O)c1sc(NC(=O)c2ccc([N+](=O)[O-])s2)nc1C. The number of hydrogen-bond donors (Lipinski definition) is 1. The van der Waals surface area contributed by atoms with E-state index >= 15 is 0 Å². The molecule has 8 nitrogen and oxygen atoms in total. The molecule has 1 N–H and O–H groups in total. The number of nitrogens with one attached hydrogen (secondary N) is 1. The number of aryl methyl sites for hydroxylation is 1. The largest absolute Gasteiger partial charge is 0.465 e. The Morgan fingerprint density at radius 2 is 2.10 bits per heavy atom. The number of esters is 1. The zero-order valence-electron chi connectivity index (χ0n) is 10.9. The number of nitrogens with zero attached hydrogens (tertiary/aromatic N) is 2. The number of thiophene rings is 1. The van der Waals surface area contributed by atoms with Crippen molar-refractivity contribution >= 4 is 44.7 Å². The molecule has 0 unspecified atom stereocenters. The minimum atomic E-state index is -0.565. The van der Waals surface area contributed by atoms with Crippen molar-refractivity contribution in [3.8, 4) is 0 Å². The number of aromatic nitrogens is 1. The quantitative estimate of drug-likeness (QED) is 0.524. The Bertz CT molecular complexity index is 721. The van der Waals surface area contributed by atoms with E-state index in [0.717, 1.165) is 22.7 Å². The molecule has 0 aliphatic carbocycles. The molecule has 2 aromatic rings. The number of carbonyl (C=O) groups excluding carboxylic acids is 2. The van der Waals surface area contributed by atoms with Gasteiger partial charge in [0.05, 0.1) is 22.6 Å². The molecular formula is C11H9N3O5S2. The van der Waals surface area contributed by atoms with Gasteiger partial charge in [0.25, 0.3) is 5.91 Å². The summed E-state index contributed by atoms with van der Waals surface area (Å²) in [6.45, 7) is 1.62. The second-order valence-electron chi connectivity index (χ2n) is 3.77. The third-order valence-corrected chi connectivity index (χ3v) is 4.47. The number of nitro groups is 1. The average molecular weight is 327 g/mol. The lowest BCUT2D eigenvalue weighted by Gasteiger charge is -1.97. The van der Waals surface area contributed by atoms with Gasteiger partial charge in [0.1, 0.15) is 4.88 Å². The van der Waals surface area contributed by atoms with Crippen LogP contribution in [0, 0.1) is 17.0 Å². The number of methoxy groups -OCH3 is 1. The molecule has 0 atom stereocenters. The summed E-state index contributed by atoms with van der Waals surface area (Å²) in [5.41, 5.74) is 0.444. The summed E-state index contributed by atoms with van der Waals surface area (Å²) < 4.78 is 4.60. The molecule has 0 saturated heterocycles. The Morgan fingerprint density at radius 1 is 1.38 bits per heavy atom. The van der Waals surface area contributed by atoms with Gasteiger partial charge in [0.2, 0.25) is 0 Å². The van der Waals surface area contributed by atoms with Crippen molar-refractivity contribution in [1.82, 2.24) is 4.98 Å². The van der Waals surface area contributed by atoms with Crippen molar-refractivity contribution in [3.05, 3.63) is 37.7 Å². The highest BCUT2D eigenvalue weighted by molar-refractivity contribution is 7.18. The molecule has 2 rings (SSSR count). The molecule has 0 aromatic carbocycles. The maximum atomic E-state index is 11.9. The van der Waals surface area contributed by atoms with Gasteiger partial charge in [-0.2, -0.15) is 0 Å². The number of anilines is 1. The first-order valence-electron chi connectivity index (χ1n) is 5.53. The number of amides is 1. The molecule has 21 heavy (non-hydrogen) atoms. The Kier molecular flexibility index (Phi) is 4.29. The van der Waals surface area contributed by atoms with Crippen molar-refractivity contribution < 1.29 is 19.2 Å². The van der Waals surface area contributed by atoms with Crippen LogP contribution >= 0.6 is 22.7 Å². The average Bonchev–Trinajstić information content (AvgIpc) is 3.05. The van der Waals surface area contributed by atoms with E-state index in [9.17, 15) is 19.7 Å². The highest BCUT2D eigenvalue weighted by atomic mass is 32.1. The highest BCUT2D eigenvalue weighted by Crippen LogP contribution is 2.27. The van der Waals surface area contributed by atoms with E-state index in [4.69, 9.17) is 0 Å². The third kappa shape index (κ3) is 3.23. The monoisotopic (exact) mass is 327 g/mol.